The van der Waals surface area contributed by atoms with Crippen molar-refractivity contribution in [3.63, 3.8) is 0 Å². The highest BCUT2D eigenvalue weighted by atomic mass is 35.5. The lowest BCUT2D eigenvalue weighted by molar-refractivity contribution is -0.385. The van der Waals surface area contributed by atoms with Crippen molar-refractivity contribution in [1.29, 1.82) is 0 Å². The minimum absolute atomic E-state index is 0. The van der Waals surface area contributed by atoms with E-state index < -0.39 is 14.9 Å². The average molecular weight is 391 g/mol. The highest BCUT2D eigenvalue weighted by Crippen LogP contribution is 2.27. The molecule has 2 fully saturated rings. The van der Waals surface area contributed by atoms with Crippen LogP contribution in [-0.4, -0.2) is 67.9 Å². The lowest BCUT2D eigenvalue weighted by Crippen LogP contribution is -2.49. The second-order valence-corrected chi connectivity index (χ2v) is 8.23. The fourth-order valence-corrected chi connectivity index (χ4v) is 4.99. The van der Waals surface area contributed by atoms with E-state index in [9.17, 15) is 18.5 Å². The number of hydrogen-bond donors (Lipinski definition) is 1. The number of nitrogens with one attached hydrogen (secondary N) is 1. The predicted octanol–water partition coefficient (Wildman–Crippen LogP) is 0.993. The highest BCUT2D eigenvalue weighted by molar-refractivity contribution is 7.89. The molecule has 0 amide bonds. The van der Waals surface area contributed by atoms with E-state index >= 15 is 0 Å². The molecule has 0 aromatic heterocycles. The normalized spacial score (nSPS) is 22.5. The zero-order chi connectivity index (χ0) is 17.3. The van der Waals surface area contributed by atoms with Crippen LogP contribution in [0.25, 0.3) is 0 Å². The minimum Gasteiger partial charge on any atom is -0.314 e. The van der Waals surface area contributed by atoms with Crippen molar-refractivity contribution in [2.75, 3.05) is 39.3 Å². The Balaban J connectivity index is 0.00000225. The Morgan fingerprint density at radius 1 is 1.24 bits per heavy atom. The Morgan fingerprint density at radius 3 is 2.52 bits per heavy atom. The summed E-state index contributed by atoms with van der Waals surface area (Å²) in [5.41, 5.74) is 0.299. The molecule has 140 valence electrons. The van der Waals surface area contributed by atoms with E-state index in [0.29, 0.717) is 18.7 Å². The molecule has 1 aromatic carbocycles. The smallest absolute Gasteiger partial charge is 0.272 e. The van der Waals surface area contributed by atoms with Gasteiger partial charge in [0.15, 0.2) is 0 Å². The van der Waals surface area contributed by atoms with Gasteiger partial charge in [-0.1, -0.05) is 0 Å². The summed E-state index contributed by atoms with van der Waals surface area (Å²) in [6.45, 7) is 6.29. The van der Waals surface area contributed by atoms with Gasteiger partial charge < -0.3 is 5.32 Å². The standard InChI is InChI=1S/C15H22N4O4S.ClH/c1-12-10-14(2-3-15(12)19(20)21)24(22,23)18-7-4-13(11-18)17-8-5-16-6-9-17;/h2-3,10,13,16H,4-9,11H2,1H3;1H. The quantitative estimate of drug-likeness (QED) is 0.608. The largest absolute Gasteiger partial charge is 0.314 e. The van der Waals surface area contributed by atoms with Gasteiger partial charge in [0, 0.05) is 56.9 Å². The third-order valence-electron chi connectivity index (χ3n) is 4.80. The Hall–Kier alpha value is -1.26. The van der Waals surface area contributed by atoms with Crippen LogP contribution in [-0.2, 0) is 10.0 Å². The van der Waals surface area contributed by atoms with Crippen molar-refractivity contribution in [2.24, 2.45) is 0 Å². The molecular weight excluding hydrogens is 368 g/mol. The molecular formula is C15H23ClN4O4S. The number of halogens is 1. The SMILES string of the molecule is Cc1cc(S(=O)(=O)N2CCC(N3CCNCC3)C2)ccc1[N+](=O)[O-].Cl. The van der Waals surface area contributed by atoms with Crippen LogP contribution in [0.4, 0.5) is 5.69 Å². The van der Waals surface area contributed by atoms with Crippen molar-refractivity contribution < 1.29 is 13.3 Å². The molecule has 2 aliphatic heterocycles. The number of nitro groups is 1. The molecule has 0 aliphatic carbocycles. The van der Waals surface area contributed by atoms with E-state index in [-0.39, 0.29) is 29.0 Å². The van der Waals surface area contributed by atoms with Crippen LogP contribution >= 0.6 is 12.4 Å². The lowest BCUT2D eigenvalue weighted by atomic mass is 10.2. The van der Waals surface area contributed by atoms with Gasteiger partial charge in [0.25, 0.3) is 5.69 Å². The molecule has 0 spiro atoms. The zero-order valence-electron chi connectivity index (χ0n) is 14.1. The van der Waals surface area contributed by atoms with Crippen LogP contribution in [0, 0.1) is 17.0 Å². The summed E-state index contributed by atoms with van der Waals surface area (Å²) in [6, 6.07) is 4.25. The van der Waals surface area contributed by atoms with Crippen LogP contribution in [0.2, 0.25) is 0 Å². The number of hydrogen-bond acceptors (Lipinski definition) is 6. The van der Waals surface area contributed by atoms with Gasteiger partial charge in [-0.15, -0.1) is 12.4 Å². The molecule has 0 radical (unpaired) electrons. The summed E-state index contributed by atoms with van der Waals surface area (Å²) < 4.78 is 27.1. The average Bonchev–Trinajstić information content (AvgIpc) is 3.06. The van der Waals surface area contributed by atoms with Gasteiger partial charge in [-0.05, 0) is 25.5 Å². The maximum atomic E-state index is 12.8. The molecule has 0 saturated carbocycles. The molecule has 2 saturated heterocycles. The summed E-state index contributed by atoms with van der Waals surface area (Å²) in [4.78, 5) is 12.9. The van der Waals surface area contributed by atoms with Crippen LogP contribution in [0.5, 0.6) is 0 Å². The molecule has 25 heavy (non-hydrogen) atoms. The summed E-state index contributed by atoms with van der Waals surface area (Å²) in [5, 5.41) is 14.2. The molecule has 8 nitrogen and oxygen atoms in total. The van der Waals surface area contributed by atoms with Gasteiger partial charge in [-0.3, -0.25) is 15.0 Å². The van der Waals surface area contributed by atoms with Crippen molar-refractivity contribution in [1.82, 2.24) is 14.5 Å². The third kappa shape index (κ3) is 4.12. The second-order valence-electron chi connectivity index (χ2n) is 6.30. The number of nitro benzene ring substituents is 1. The number of aryl methyl sites for hydroxylation is 1. The number of rotatable bonds is 4. The Labute approximate surface area is 153 Å². The van der Waals surface area contributed by atoms with Crippen molar-refractivity contribution in [3.05, 3.63) is 33.9 Å². The minimum atomic E-state index is -3.61. The lowest BCUT2D eigenvalue weighted by Gasteiger charge is -2.32. The zero-order valence-corrected chi connectivity index (χ0v) is 15.7. The Kier molecular flexibility index (Phi) is 6.39. The molecule has 2 aliphatic rings. The van der Waals surface area contributed by atoms with E-state index in [1.165, 1.54) is 22.5 Å². The van der Waals surface area contributed by atoms with Gasteiger partial charge in [0.05, 0.1) is 9.82 Å². The maximum Gasteiger partial charge on any atom is 0.272 e. The molecule has 1 unspecified atom stereocenters. The van der Waals surface area contributed by atoms with Gasteiger partial charge in [-0.25, -0.2) is 8.42 Å². The van der Waals surface area contributed by atoms with Crippen LogP contribution in [0.1, 0.15) is 12.0 Å². The van der Waals surface area contributed by atoms with E-state index in [1.54, 1.807) is 6.92 Å². The van der Waals surface area contributed by atoms with Crippen LogP contribution < -0.4 is 5.32 Å². The number of benzene rings is 1. The second kappa shape index (κ2) is 7.96. The fourth-order valence-electron chi connectivity index (χ4n) is 3.42. The monoisotopic (exact) mass is 390 g/mol. The van der Waals surface area contributed by atoms with E-state index in [0.717, 1.165) is 32.6 Å². The van der Waals surface area contributed by atoms with Crippen molar-refractivity contribution in [3.8, 4) is 0 Å². The van der Waals surface area contributed by atoms with Crippen molar-refractivity contribution >= 4 is 28.1 Å². The first kappa shape index (κ1) is 20.1. The maximum absolute atomic E-state index is 12.8. The summed E-state index contributed by atoms with van der Waals surface area (Å²) in [5.74, 6) is 0. The number of sulfonamides is 1. The Morgan fingerprint density at radius 2 is 1.92 bits per heavy atom. The molecule has 10 heteroatoms. The molecule has 3 rings (SSSR count). The first-order chi connectivity index (χ1) is 11.4. The van der Waals surface area contributed by atoms with E-state index in [1.807, 2.05) is 0 Å². The number of piperazine rings is 1. The van der Waals surface area contributed by atoms with Crippen LogP contribution in [0.15, 0.2) is 23.1 Å². The van der Waals surface area contributed by atoms with E-state index in [2.05, 4.69) is 10.2 Å². The van der Waals surface area contributed by atoms with Gasteiger partial charge in [-0.2, -0.15) is 4.31 Å². The first-order valence-electron chi connectivity index (χ1n) is 8.09. The fraction of sp³-hybridized carbons (Fsp3) is 0.600. The molecule has 1 atom stereocenters. The Bertz CT molecular complexity index is 737. The van der Waals surface area contributed by atoms with Gasteiger partial charge in [0.1, 0.15) is 0 Å². The molecule has 0 bridgehead atoms. The van der Waals surface area contributed by atoms with E-state index in [4.69, 9.17) is 0 Å². The first-order valence-corrected chi connectivity index (χ1v) is 9.53. The topological polar surface area (TPSA) is 95.8 Å². The summed E-state index contributed by atoms with van der Waals surface area (Å²) in [6.07, 6.45) is 0.825. The molecule has 2 heterocycles. The summed E-state index contributed by atoms with van der Waals surface area (Å²) >= 11 is 0. The predicted molar refractivity (Wildman–Crippen MR) is 96.7 cm³/mol. The molecule has 1 N–H and O–H groups in total. The van der Waals surface area contributed by atoms with Crippen molar-refractivity contribution in [2.45, 2.75) is 24.3 Å². The molecule has 1 aromatic rings. The van der Waals surface area contributed by atoms with Gasteiger partial charge in [0.2, 0.25) is 10.0 Å². The summed E-state index contributed by atoms with van der Waals surface area (Å²) in [7, 11) is -3.61. The number of nitrogens with zero attached hydrogens (tertiary/aromatic N) is 3. The highest BCUT2D eigenvalue weighted by Gasteiger charge is 2.35. The van der Waals surface area contributed by atoms with Crippen LogP contribution in [0.3, 0.4) is 0 Å². The van der Waals surface area contributed by atoms with Gasteiger partial charge >= 0.3 is 0 Å². The third-order valence-corrected chi connectivity index (χ3v) is 6.66.